The summed E-state index contributed by atoms with van der Waals surface area (Å²) in [5, 5.41) is 5.87. The number of piperidine rings is 1. The van der Waals surface area contributed by atoms with Crippen molar-refractivity contribution in [2.75, 3.05) is 24.5 Å². The third kappa shape index (κ3) is 4.78. The molecule has 1 aromatic carbocycles. The molecule has 5 rings (SSSR count). The van der Waals surface area contributed by atoms with Gasteiger partial charge in [0.2, 0.25) is 5.92 Å². The molecule has 0 radical (unpaired) electrons. The maximum atomic E-state index is 13.8. The number of amides is 2. The highest BCUT2D eigenvalue weighted by molar-refractivity contribution is 5.97. The van der Waals surface area contributed by atoms with Crippen molar-refractivity contribution in [2.24, 2.45) is 16.8 Å². The van der Waals surface area contributed by atoms with E-state index in [-0.39, 0.29) is 50.9 Å². The lowest BCUT2D eigenvalue weighted by Crippen LogP contribution is -2.56. The van der Waals surface area contributed by atoms with Crippen LogP contribution >= 0.6 is 0 Å². The summed E-state index contributed by atoms with van der Waals surface area (Å²) in [5.74, 6) is -4.64. The summed E-state index contributed by atoms with van der Waals surface area (Å²) in [6, 6.07) is 5.73. The van der Waals surface area contributed by atoms with Crippen molar-refractivity contribution in [3.05, 3.63) is 36.0 Å². The fourth-order valence-corrected chi connectivity index (χ4v) is 4.94. The fraction of sp³-hybridized carbons (Fsp3) is 0.522. The summed E-state index contributed by atoms with van der Waals surface area (Å²) >= 11 is 0. The van der Waals surface area contributed by atoms with Crippen LogP contribution in [0.2, 0.25) is 0 Å². The third-order valence-electron chi connectivity index (χ3n) is 6.71. The number of nitrogens with one attached hydrogen (secondary N) is 2. The first-order valence-corrected chi connectivity index (χ1v) is 11.2. The standard InChI is InChI=1S/C23H24F5N5O/c24-22(25)7-13(8-22)9-31-21(34)32-15-6-14(23(26,27)28)11-33(12-15)19-4-3-16(18-10-30-18)20-17(19)2-1-5-29-20/h1-5,10,13-15,18H,6-9,11-12H2,(H2,31,32,34)/t14-,15+,18?/m0/s1. The Morgan fingerprint density at radius 3 is 2.62 bits per heavy atom. The number of pyridine rings is 1. The minimum Gasteiger partial charge on any atom is -0.368 e. The highest BCUT2D eigenvalue weighted by Gasteiger charge is 2.46. The van der Waals surface area contributed by atoms with Crippen LogP contribution in [0.3, 0.4) is 0 Å². The van der Waals surface area contributed by atoms with Crippen molar-refractivity contribution >= 4 is 28.8 Å². The monoisotopic (exact) mass is 481 g/mol. The number of urea groups is 1. The highest BCUT2D eigenvalue weighted by atomic mass is 19.4. The number of anilines is 1. The molecule has 2 N–H and O–H groups in total. The number of nitrogens with zero attached hydrogens (tertiary/aromatic N) is 3. The van der Waals surface area contributed by atoms with Gasteiger partial charge < -0.3 is 15.5 Å². The summed E-state index contributed by atoms with van der Waals surface area (Å²) in [5.41, 5.74) is 2.21. The molecule has 2 aromatic rings. The normalized spacial score (nSPS) is 26.3. The Kier molecular flexibility index (Phi) is 5.60. The van der Waals surface area contributed by atoms with Crippen LogP contribution < -0.4 is 15.5 Å². The van der Waals surface area contributed by atoms with Crippen LogP contribution in [-0.4, -0.2) is 55.0 Å². The number of aromatic nitrogens is 1. The third-order valence-corrected chi connectivity index (χ3v) is 6.71. The maximum absolute atomic E-state index is 13.8. The molecule has 3 heterocycles. The summed E-state index contributed by atoms with van der Waals surface area (Å²) < 4.78 is 67.2. The number of carbonyl (C=O) groups excluding carboxylic acids is 1. The van der Waals surface area contributed by atoms with E-state index in [2.05, 4.69) is 20.6 Å². The Bertz CT molecular complexity index is 1110. The van der Waals surface area contributed by atoms with E-state index in [0.29, 0.717) is 11.2 Å². The molecule has 1 aliphatic carbocycles. The van der Waals surface area contributed by atoms with Gasteiger partial charge in [-0.25, -0.2) is 13.6 Å². The lowest BCUT2D eigenvalue weighted by molar-refractivity contribution is -0.177. The summed E-state index contributed by atoms with van der Waals surface area (Å²) in [6.07, 6.45) is -1.83. The second kappa shape index (κ2) is 8.35. The van der Waals surface area contributed by atoms with Gasteiger partial charge in [0, 0.05) is 67.6 Å². The number of benzene rings is 1. The molecule has 3 aliphatic rings. The SMILES string of the molecule is O=C(NCC1CC(F)(F)C1)N[C@@H]1C[C@H](C(F)(F)F)CN(c2ccc(C3C=N3)c3ncccc23)C1. The van der Waals surface area contributed by atoms with Crippen molar-refractivity contribution in [1.29, 1.82) is 0 Å². The molecule has 1 saturated carbocycles. The molecule has 1 unspecified atom stereocenters. The molecule has 3 atom stereocenters. The molecule has 11 heteroatoms. The van der Waals surface area contributed by atoms with Crippen LogP contribution in [0.4, 0.5) is 32.4 Å². The predicted octanol–water partition coefficient (Wildman–Crippen LogP) is 4.46. The van der Waals surface area contributed by atoms with Gasteiger partial charge in [-0.15, -0.1) is 0 Å². The van der Waals surface area contributed by atoms with Crippen LogP contribution in [-0.2, 0) is 0 Å². The zero-order chi connectivity index (χ0) is 24.1. The van der Waals surface area contributed by atoms with Crippen LogP contribution in [0, 0.1) is 11.8 Å². The van der Waals surface area contributed by atoms with Gasteiger partial charge in [0.15, 0.2) is 0 Å². The smallest absolute Gasteiger partial charge is 0.368 e. The second-order valence-corrected chi connectivity index (χ2v) is 9.38. The molecular weight excluding hydrogens is 457 g/mol. The van der Waals surface area contributed by atoms with Crippen LogP contribution in [0.15, 0.2) is 35.5 Å². The van der Waals surface area contributed by atoms with Crippen LogP contribution in [0.25, 0.3) is 10.9 Å². The lowest BCUT2D eigenvalue weighted by atomic mass is 9.81. The van der Waals surface area contributed by atoms with E-state index in [4.69, 9.17) is 0 Å². The average Bonchev–Trinajstić information content (AvgIpc) is 3.60. The minimum atomic E-state index is -4.43. The zero-order valence-corrected chi connectivity index (χ0v) is 18.2. The second-order valence-electron chi connectivity index (χ2n) is 9.38. The summed E-state index contributed by atoms with van der Waals surface area (Å²) in [4.78, 5) is 22.6. The molecule has 182 valence electrons. The molecule has 6 nitrogen and oxygen atoms in total. The topological polar surface area (TPSA) is 69.6 Å². The number of rotatable bonds is 5. The quantitative estimate of drug-likeness (QED) is 0.620. The van der Waals surface area contributed by atoms with E-state index in [0.717, 1.165) is 10.9 Å². The molecule has 1 aromatic heterocycles. The fourth-order valence-electron chi connectivity index (χ4n) is 4.94. The number of fused-ring (bicyclic) bond motifs is 1. The Morgan fingerprint density at radius 1 is 1.18 bits per heavy atom. The van der Waals surface area contributed by atoms with E-state index < -0.39 is 30.1 Å². The maximum Gasteiger partial charge on any atom is 0.393 e. The van der Waals surface area contributed by atoms with Crippen molar-refractivity contribution in [1.82, 2.24) is 15.6 Å². The van der Waals surface area contributed by atoms with Crippen molar-refractivity contribution in [2.45, 2.75) is 43.4 Å². The molecular formula is C23H24F5N5O. The first-order valence-electron chi connectivity index (χ1n) is 11.2. The van der Waals surface area contributed by atoms with E-state index in [1.807, 2.05) is 12.1 Å². The van der Waals surface area contributed by atoms with Crippen molar-refractivity contribution < 1.29 is 26.7 Å². The largest absolute Gasteiger partial charge is 0.393 e. The number of hydrogen-bond acceptors (Lipinski definition) is 4. The van der Waals surface area contributed by atoms with Crippen molar-refractivity contribution in [3.8, 4) is 0 Å². The highest BCUT2D eigenvalue weighted by Crippen LogP contribution is 2.42. The zero-order valence-electron chi connectivity index (χ0n) is 18.2. The number of carbonyl (C=O) groups is 1. The van der Waals surface area contributed by atoms with Gasteiger partial charge in [-0.3, -0.25) is 9.98 Å². The van der Waals surface area contributed by atoms with E-state index in [1.54, 1.807) is 29.4 Å². The average molecular weight is 481 g/mol. The van der Waals surface area contributed by atoms with Gasteiger partial charge in [0.25, 0.3) is 0 Å². The van der Waals surface area contributed by atoms with Gasteiger partial charge in [-0.2, -0.15) is 13.2 Å². The molecule has 34 heavy (non-hydrogen) atoms. The Hall–Kier alpha value is -2.98. The van der Waals surface area contributed by atoms with Gasteiger partial charge in [-0.1, -0.05) is 6.07 Å². The van der Waals surface area contributed by atoms with Gasteiger partial charge in [0.1, 0.15) is 6.04 Å². The lowest BCUT2D eigenvalue weighted by Gasteiger charge is -2.40. The van der Waals surface area contributed by atoms with E-state index in [1.165, 1.54) is 0 Å². The van der Waals surface area contributed by atoms with Gasteiger partial charge in [0.05, 0.1) is 11.4 Å². The van der Waals surface area contributed by atoms with Crippen molar-refractivity contribution in [3.63, 3.8) is 0 Å². The Labute approximate surface area is 192 Å². The number of hydrogen-bond donors (Lipinski definition) is 2. The van der Waals surface area contributed by atoms with Crippen LogP contribution in [0.5, 0.6) is 0 Å². The number of aliphatic imine (C=N–C) groups is 1. The number of halogens is 5. The van der Waals surface area contributed by atoms with E-state index >= 15 is 0 Å². The van der Waals surface area contributed by atoms with Gasteiger partial charge in [-0.05, 0) is 30.5 Å². The minimum absolute atomic E-state index is 0.0514. The Balaban J connectivity index is 1.32. The first-order chi connectivity index (χ1) is 16.1. The molecule has 0 spiro atoms. The van der Waals surface area contributed by atoms with E-state index in [9.17, 15) is 26.7 Å². The Morgan fingerprint density at radius 2 is 1.94 bits per heavy atom. The molecule has 0 bridgehead atoms. The summed E-state index contributed by atoms with van der Waals surface area (Å²) in [6.45, 7) is 0.0239. The first kappa shape index (κ1) is 22.8. The molecule has 1 saturated heterocycles. The molecule has 2 amide bonds. The molecule has 2 fully saturated rings. The summed E-state index contributed by atoms with van der Waals surface area (Å²) in [7, 11) is 0. The number of alkyl halides is 5. The van der Waals surface area contributed by atoms with Crippen LogP contribution in [0.1, 0.15) is 30.9 Å². The predicted molar refractivity (Wildman–Crippen MR) is 117 cm³/mol. The molecule has 2 aliphatic heterocycles. The van der Waals surface area contributed by atoms with Gasteiger partial charge >= 0.3 is 12.2 Å².